The summed E-state index contributed by atoms with van der Waals surface area (Å²) in [6.07, 6.45) is 0. The van der Waals surface area contributed by atoms with E-state index in [1.807, 2.05) is 0 Å². The Hall–Kier alpha value is 1.83. The molecule has 0 unspecified atom stereocenters. The summed E-state index contributed by atoms with van der Waals surface area (Å²) in [6, 6.07) is 0. The smallest absolute Gasteiger partial charge is 1.00 e. The van der Waals surface area contributed by atoms with E-state index in [-0.39, 0.29) is 71.3 Å². The second kappa shape index (κ2) is 109. The normalized spacial score (nSPS) is 0.857. The fourth-order valence-electron chi connectivity index (χ4n) is 0. The summed E-state index contributed by atoms with van der Waals surface area (Å²) in [5.41, 5.74) is 4.50. The zero-order valence-corrected chi connectivity index (χ0v) is 8.17. The second-order valence-corrected chi connectivity index (χ2v) is 0. The van der Waals surface area contributed by atoms with E-state index in [0.717, 1.165) is 0 Å². The van der Waals surface area contributed by atoms with Crippen LogP contribution in [0.3, 0.4) is 0 Å². The van der Waals surface area contributed by atoms with Gasteiger partial charge < -0.3 is 55.4 Å². The zero-order valence-electron chi connectivity index (χ0n) is 3.59. The maximum Gasteiger partial charge on any atom is 4.00 e. The van der Waals surface area contributed by atoms with Gasteiger partial charge in [0.15, 0.2) is 0 Å². The van der Waals surface area contributed by atoms with Gasteiger partial charge in [0.1, 0.15) is 0 Å². The van der Waals surface area contributed by atoms with E-state index >= 15 is 0 Å². The van der Waals surface area contributed by atoms with Gasteiger partial charge >= 0.3 is 21.7 Å². The van der Waals surface area contributed by atoms with Gasteiger partial charge in [-0.25, -0.2) is 0 Å². The third-order valence-electron chi connectivity index (χ3n) is 0. The molecule has 0 bridgehead atoms. The van der Waals surface area contributed by atoms with Crippen LogP contribution in [0.2, 0.25) is 0 Å². The molecule has 0 saturated heterocycles. The van der Waals surface area contributed by atoms with Crippen molar-refractivity contribution in [3.05, 3.63) is 0 Å². The number of hydrogen-bond acceptors (Lipinski definition) is 1. The minimum absolute atomic E-state index is 0. The van der Waals surface area contributed by atoms with Crippen molar-refractivity contribution in [2.24, 2.45) is 5.73 Å². The maximum atomic E-state index is 4.50. The molecule has 2 N–H and O–H groups in total. The third-order valence-corrected chi connectivity index (χ3v) is 0. The Labute approximate surface area is 83.7 Å². The molecule has 6 heteroatoms. The summed E-state index contributed by atoms with van der Waals surface area (Å²) in [7, 11) is 1.50. The summed E-state index contributed by atoms with van der Waals surface area (Å²) in [6.45, 7) is 0. The van der Waals surface area contributed by atoms with Gasteiger partial charge in [0.25, 0.3) is 0 Å². The molecule has 7 heavy (non-hydrogen) atoms. The molecule has 0 radical (unpaired) electrons. The average Bonchev–Trinajstić information content (AvgIpc) is 1.00. The molecule has 1 nitrogen and oxygen atoms in total. The minimum atomic E-state index is 0. The zero-order chi connectivity index (χ0) is 2.00. The van der Waals surface area contributed by atoms with Crippen LogP contribution >= 0.6 is 0 Å². The monoisotopic (exact) mass is 219 g/mol. The van der Waals surface area contributed by atoms with E-state index in [1.54, 1.807) is 0 Å². The molecule has 0 saturated carbocycles. The molecule has 0 atom stereocenters. The van der Waals surface area contributed by atoms with Gasteiger partial charge in [-0.15, -0.1) is 0 Å². The molecule has 0 aliphatic carbocycles. The molecule has 0 amide bonds. The molecule has 0 fully saturated rings. The number of nitrogens with two attached hydrogens (primary N) is 1. The second-order valence-electron chi connectivity index (χ2n) is 0. The van der Waals surface area contributed by atoms with Crippen LogP contribution in [-0.2, 0) is 21.7 Å². The molecule has 46 valence electrons. The Morgan fingerprint density at radius 1 is 0.714 bits per heavy atom. The van der Waals surface area contributed by atoms with Gasteiger partial charge in [0, 0.05) is 0 Å². The Morgan fingerprint density at radius 2 is 0.714 bits per heavy atom. The Balaban J connectivity index is -0.000000000500. The fourth-order valence-corrected chi connectivity index (χ4v) is 0. The van der Waals surface area contributed by atoms with Crippen LogP contribution in [0.25, 0.3) is 0 Å². The molecule has 0 heterocycles. The van der Waals surface area contributed by atoms with Crippen LogP contribution in [-0.4, -0.2) is 7.05 Å². The Kier molecular flexibility index (Phi) is 1050. The van der Waals surface area contributed by atoms with Crippen molar-refractivity contribution in [3.8, 4) is 0 Å². The number of rotatable bonds is 0. The number of halogens is 4. The molecule has 0 aliphatic rings. The maximum absolute atomic E-state index is 4.50. The van der Waals surface area contributed by atoms with Crippen LogP contribution in [0.15, 0.2) is 0 Å². The minimum Gasteiger partial charge on any atom is -1.00 e. The largest absolute Gasteiger partial charge is 4.00 e. The predicted molar refractivity (Wildman–Crippen MR) is 10.1 cm³/mol. The van der Waals surface area contributed by atoms with E-state index < -0.39 is 0 Å². The van der Waals surface area contributed by atoms with Crippen molar-refractivity contribution in [1.29, 1.82) is 0 Å². The fraction of sp³-hybridized carbons (Fsp3) is 1.00. The van der Waals surface area contributed by atoms with Gasteiger partial charge in [-0.1, -0.05) is 0 Å². The molecular formula is CH5Cl4NTi. The van der Waals surface area contributed by atoms with Crippen molar-refractivity contribution in [3.63, 3.8) is 0 Å². The molecule has 0 aromatic carbocycles. The molecular weight excluding hydrogens is 216 g/mol. The van der Waals surface area contributed by atoms with Gasteiger partial charge in [-0.2, -0.15) is 0 Å². The van der Waals surface area contributed by atoms with Crippen LogP contribution in [0.4, 0.5) is 0 Å². The quantitative estimate of drug-likeness (QED) is 0.404. The van der Waals surface area contributed by atoms with Crippen LogP contribution < -0.4 is 55.4 Å². The first-order valence-electron chi connectivity index (χ1n) is 0.577. The summed E-state index contributed by atoms with van der Waals surface area (Å²) >= 11 is 0. The predicted octanol–water partition coefficient (Wildman–Crippen LogP) is -12.4. The molecule has 0 aliphatic heterocycles. The Morgan fingerprint density at radius 3 is 0.714 bits per heavy atom. The Bertz CT molecular complexity index is 11.7. The SMILES string of the molecule is CN.[Cl-].[Cl-].[Cl-].[Cl-].[Ti+4]. The molecule has 0 rings (SSSR count). The first-order valence-corrected chi connectivity index (χ1v) is 0.577. The van der Waals surface area contributed by atoms with E-state index in [1.165, 1.54) is 7.05 Å². The van der Waals surface area contributed by atoms with Crippen molar-refractivity contribution in [2.75, 3.05) is 7.05 Å². The summed E-state index contributed by atoms with van der Waals surface area (Å²) in [4.78, 5) is 0. The number of hydrogen-bond donors (Lipinski definition) is 1. The molecule has 0 spiro atoms. The summed E-state index contributed by atoms with van der Waals surface area (Å²) < 4.78 is 0. The van der Waals surface area contributed by atoms with E-state index in [9.17, 15) is 0 Å². The standard InChI is InChI=1S/CH5N.4ClH.Ti/c1-2;;;;;/h2H2,1H3;4*1H;/q;;;;;+4/p-4. The van der Waals surface area contributed by atoms with Gasteiger partial charge in [-0.05, 0) is 7.05 Å². The molecule has 0 aromatic heterocycles. The first kappa shape index (κ1) is 67.5. The van der Waals surface area contributed by atoms with Crippen LogP contribution in [0, 0.1) is 0 Å². The average molecular weight is 221 g/mol. The van der Waals surface area contributed by atoms with Crippen molar-refractivity contribution in [2.45, 2.75) is 0 Å². The van der Waals surface area contributed by atoms with Gasteiger partial charge in [0.05, 0.1) is 0 Å². The van der Waals surface area contributed by atoms with E-state index in [4.69, 9.17) is 0 Å². The molecule has 0 aromatic rings. The summed E-state index contributed by atoms with van der Waals surface area (Å²) in [5.74, 6) is 0. The summed E-state index contributed by atoms with van der Waals surface area (Å²) in [5, 5.41) is 0. The topological polar surface area (TPSA) is 26.0 Å². The van der Waals surface area contributed by atoms with Gasteiger partial charge in [-0.3, -0.25) is 0 Å². The van der Waals surface area contributed by atoms with Crippen molar-refractivity contribution in [1.82, 2.24) is 0 Å². The first-order chi connectivity index (χ1) is 1.00. The van der Waals surface area contributed by atoms with E-state index in [0.29, 0.717) is 0 Å². The van der Waals surface area contributed by atoms with Crippen LogP contribution in [0.1, 0.15) is 0 Å². The van der Waals surface area contributed by atoms with Crippen LogP contribution in [0.5, 0.6) is 0 Å². The van der Waals surface area contributed by atoms with E-state index in [2.05, 4.69) is 5.73 Å². The third kappa shape index (κ3) is 79.3. The van der Waals surface area contributed by atoms with Crippen molar-refractivity contribution < 1.29 is 71.3 Å². The van der Waals surface area contributed by atoms with Crippen molar-refractivity contribution >= 4 is 0 Å². The van der Waals surface area contributed by atoms with Gasteiger partial charge in [0.2, 0.25) is 0 Å².